The number of piperidine rings is 1. The zero-order chi connectivity index (χ0) is 15.6. The number of nitrogens with zero attached hydrogens (tertiary/aromatic N) is 3. The number of benzene rings is 1. The second kappa shape index (κ2) is 5.93. The Morgan fingerprint density at radius 3 is 2.45 bits per heavy atom. The second-order valence-electron chi connectivity index (χ2n) is 5.74. The van der Waals surface area contributed by atoms with Crippen molar-refractivity contribution in [3.05, 3.63) is 47.7 Å². The van der Waals surface area contributed by atoms with Crippen LogP contribution in [0, 0.1) is 6.92 Å². The van der Waals surface area contributed by atoms with E-state index in [1.807, 2.05) is 43.3 Å². The highest BCUT2D eigenvalue weighted by Crippen LogP contribution is 2.33. The predicted octanol–water partition coefficient (Wildman–Crippen LogP) is 2.28. The lowest BCUT2D eigenvalue weighted by Crippen LogP contribution is -2.43. The number of methoxy groups -OCH3 is 1. The van der Waals surface area contributed by atoms with Gasteiger partial charge in [0.05, 0.1) is 12.7 Å². The number of hydrogen-bond acceptors (Lipinski definition) is 5. The van der Waals surface area contributed by atoms with Gasteiger partial charge in [-0.25, -0.2) is 4.98 Å². The third-order valence-corrected chi connectivity index (χ3v) is 4.21. The number of aryl methyl sites for hydroxylation is 1. The third-order valence-electron chi connectivity index (χ3n) is 4.21. The number of anilines is 1. The van der Waals surface area contributed by atoms with Gasteiger partial charge in [0.2, 0.25) is 11.8 Å². The fraction of sp³-hybridized carbons (Fsp3) is 0.412. The highest BCUT2D eigenvalue weighted by molar-refractivity contribution is 5.36. The van der Waals surface area contributed by atoms with Gasteiger partial charge in [0.25, 0.3) is 0 Å². The van der Waals surface area contributed by atoms with Crippen molar-refractivity contribution in [2.45, 2.75) is 25.4 Å². The van der Waals surface area contributed by atoms with E-state index in [1.54, 1.807) is 7.11 Å². The Morgan fingerprint density at radius 1 is 1.14 bits per heavy atom. The molecule has 0 aliphatic carbocycles. The van der Waals surface area contributed by atoms with Gasteiger partial charge in [-0.2, -0.15) is 4.98 Å². The quantitative estimate of drug-likeness (QED) is 0.942. The highest BCUT2D eigenvalue weighted by atomic mass is 16.5. The van der Waals surface area contributed by atoms with E-state index >= 15 is 0 Å². The van der Waals surface area contributed by atoms with Crippen LogP contribution in [0.1, 0.15) is 24.1 Å². The number of ether oxygens (including phenoxy) is 1. The molecule has 5 nitrogen and oxygen atoms in total. The molecule has 1 aromatic heterocycles. The van der Waals surface area contributed by atoms with Gasteiger partial charge in [-0.1, -0.05) is 30.3 Å². The van der Waals surface area contributed by atoms with E-state index in [1.165, 1.54) is 0 Å². The molecule has 0 radical (unpaired) electrons. The van der Waals surface area contributed by atoms with Gasteiger partial charge in [-0.15, -0.1) is 0 Å². The molecule has 0 amide bonds. The van der Waals surface area contributed by atoms with Crippen LogP contribution in [0.2, 0.25) is 0 Å². The summed E-state index contributed by atoms with van der Waals surface area (Å²) < 4.78 is 5.21. The van der Waals surface area contributed by atoms with Crippen LogP contribution in [0.5, 0.6) is 5.88 Å². The van der Waals surface area contributed by atoms with Crippen LogP contribution in [0.4, 0.5) is 5.95 Å². The first kappa shape index (κ1) is 14.8. The van der Waals surface area contributed by atoms with Crippen molar-refractivity contribution in [2.24, 2.45) is 0 Å². The zero-order valence-electron chi connectivity index (χ0n) is 13.0. The Hall–Kier alpha value is -2.14. The molecule has 3 rings (SSSR count). The van der Waals surface area contributed by atoms with E-state index in [-0.39, 0.29) is 0 Å². The van der Waals surface area contributed by atoms with E-state index < -0.39 is 5.60 Å². The van der Waals surface area contributed by atoms with Crippen LogP contribution >= 0.6 is 0 Å². The van der Waals surface area contributed by atoms with Crippen molar-refractivity contribution < 1.29 is 9.84 Å². The average Bonchev–Trinajstić information content (AvgIpc) is 2.56. The molecule has 0 bridgehead atoms. The van der Waals surface area contributed by atoms with Crippen LogP contribution in [0.3, 0.4) is 0 Å². The molecule has 0 atom stereocenters. The fourth-order valence-corrected chi connectivity index (χ4v) is 2.88. The minimum atomic E-state index is -0.758. The maximum absolute atomic E-state index is 10.9. The summed E-state index contributed by atoms with van der Waals surface area (Å²) in [6.07, 6.45) is 1.33. The summed E-state index contributed by atoms with van der Waals surface area (Å²) in [7, 11) is 1.61. The van der Waals surface area contributed by atoms with Crippen molar-refractivity contribution in [2.75, 3.05) is 25.1 Å². The Bertz CT molecular complexity index is 638. The lowest BCUT2D eigenvalue weighted by molar-refractivity contribution is 0.0115. The smallest absolute Gasteiger partial charge is 0.228 e. The topological polar surface area (TPSA) is 58.5 Å². The van der Waals surface area contributed by atoms with Crippen LogP contribution in [-0.2, 0) is 5.60 Å². The van der Waals surface area contributed by atoms with Gasteiger partial charge in [0, 0.05) is 24.8 Å². The maximum atomic E-state index is 10.9. The Balaban J connectivity index is 1.76. The summed E-state index contributed by atoms with van der Waals surface area (Å²) in [5.74, 6) is 1.25. The molecule has 2 aromatic rings. The predicted molar refractivity (Wildman–Crippen MR) is 85.1 cm³/mol. The van der Waals surface area contributed by atoms with E-state index in [4.69, 9.17) is 4.74 Å². The number of aromatic nitrogens is 2. The first-order valence-electron chi connectivity index (χ1n) is 7.53. The van der Waals surface area contributed by atoms with Crippen molar-refractivity contribution in [1.82, 2.24) is 9.97 Å². The average molecular weight is 299 g/mol. The molecule has 0 saturated carbocycles. The molecule has 1 N–H and O–H groups in total. The van der Waals surface area contributed by atoms with Crippen LogP contribution in [-0.4, -0.2) is 35.3 Å². The molecule has 1 aromatic carbocycles. The molecule has 116 valence electrons. The highest BCUT2D eigenvalue weighted by Gasteiger charge is 2.34. The van der Waals surface area contributed by atoms with E-state index in [2.05, 4.69) is 14.9 Å². The van der Waals surface area contributed by atoms with E-state index in [0.29, 0.717) is 24.7 Å². The Labute approximate surface area is 130 Å². The molecule has 1 fully saturated rings. The van der Waals surface area contributed by atoms with E-state index in [9.17, 15) is 5.11 Å². The summed E-state index contributed by atoms with van der Waals surface area (Å²) >= 11 is 0. The Kier molecular flexibility index (Phi) is 3.98. The summed E-state index contributed by atoms with van der Waals surface area (Å²) in [5, 5.41) is 10.9. The van der Waals surface area contributed by atoms with Crippen molar-refractivity contribution in [1.29, 1.82) is 0 Å². The molecule has 0 spiro atoms. The summed E-state index contributed by atoms with van der Waals surface area (Å²) in [6, 6.07) is 11.7. The molecule has 5 heteroatoms. The first-order chi connectivity index (χ1) is 10.6. The molecular formula is C17H21N3O2. The van der Waals surface area contributed by atoms with E-state index in [0.717, 1.165) is 24.3 Å². The third kappa shape index (κ3) is 2.90. The van der Waals surface area contributed by atoms with Gasteiger partial charge < -0.3 is 14.7 Å². The minimum Gasteiger partial charge on any atom is -0.481 e. The van der Waals surface area contributed by atoms with Gasteiger partial charge >= 0.3 is 0 Å². The first-order valence-corrected chi connectivity index (χ1v) is 7.53. The van der Waals surface area contributed by atoms with Gasteiger partial charge in [0.1, 0.15) is 0 Å². The van der Waals surface area contributed by atoms with Crippen molar-refractivity contribution >= 4 is 5.95 Å². The molecule has 1 saturated heterocycles. The standard InChI is InChI=1S/C17H21N3O2/c1-13-12-15(22-2)19-16(18-13)20-10-8-17(21,9-11-20)14-6-4-3-5-7-14/h3-7,12,21H,8-11H2,1-2H3. The molecular weight excluding hydrogens is 278 g/mol. The summed E-state index contributed by atoms with van der Waals surface area (Å²) in [5.41, 5.74) is 1.11. The summed E-state index contributed by atoms with van der Waals surface area (Å²) in [6.45, 7) is 3.37. The fourth-order valence-electron chi connectivity index (χ4n) is 2.88. The molecule has 2 heterocycles. The second-order valence-corrected chi connectivity index (χ2v) is 5.74. The van der Waals surface area contributed by atoms with Gasteiger partial charge in [-0.3, -0.25) is 0 Å². The molecule has 22 heavy (non-hydrogen) atoms. The lowest BCUT2D eigenvalue weighted by atomic mass is 9.84. The molecule has 1 aliphatic rings. The number of aliphatic hydroxyl groups is 1. The summed E-state index contributed by atoms with van der Waals surface area (Å²) in [4.78, 5) is 11.0. The number of hydrogen-bond donors (Lipinski definition) is 1. The Morgan fingerprint density at radius 2 is 1.82 bits per heavy atom. The van der Waals surface area contributed by atoms with Gasteiger partial charge in [0.15, 0.2) is 0 Å². The van der Waals surface area contributed by atoms with Crippen LogP contribution in [0.15, 0.2) is 36.4 Å². The lowest BCUT2D eigenvalue weighted by Gasteiger charge is -2.38. The monoisotopic (exact) mass is 299 g/mol. The normalized spacial score (nSPS) is 17.3. The SMILES string of the molecule is COc1cc(C)nc(N2CCC(O)(c3ccccc3)CC2)n1. The largest absolute Gasteiger partial charge is 0.481 e. The molecule has 1 aliphatic heterocycles. The zero-order valence-corrected chi connectivity index (χ0v) is 13.0. The maximum Gasteiger partial charge on any atom is 0.228 e. The van der Waals surface area contributed by atoms with Gasteiger partial charge in [-0.05, 0) is 25.3 Å². The van der Waals surface area contributed by atoms with Crippen molar-refractivity contribution in [3.63, 3.8) is 0 Å². The molecule has 0 unspecified atom stereocenters. The number of rotatable bonds is 3. The minimum absolute atomic E-state index is 0.575. The van der Waals surface area contributed by atoms with Crippen LogP contribution < -0.4 is 9.64 Å². The van der Waals surface area contributed by atoms with Crippen LogP contribution in [0.25, 0.3) is 0 Å². The van der Waals surface area contributed by atoms with Crippen molar-refractivity contribution in [3.8, 4) is 5.88 Å².